The van der Waals surface area contributed by atoms with Crippen molar-refractivity contribution in [1.29, 1.82) is 0 Å². The lowest BCUT2D eigenvalue weighted by Crippen LogP contribution is -2.31. The van der Waals surface area contributed by atoms with Gasteiger partial charge in [-0.05, 0) is 48.9 Å². The van der Waals surface area contributed by atoms with E-state index in [-0.39, 0.29) is 11.8 Å². The molecule has 0 bridgehead atoms. The highest BCUT2D eigenvalue weighted by molar-refractivity contribution is 5.96. The number of ether oxygens (including phenoxy) is 1. The zero-order chi connectivity index (χ0) is 19.1. The third kappa shape index (κ3) is 2.95. The summed E-state index contributed by atoms with van der Waals surface area (Å²) in [6.07, 6.45) is 2.69. The molecule has 6 heteroatoms. The van der Waals surface area contributed by atoms with Crippen molar-refractivity contribution in [3.63, 3.8) is 0 Å². The molecule has 1 fully saturated rings. The second kappa shape index (κ2) is 6.78. The van der Waals surface area contributed by atoms with Gasteiger partial charge < -0.3 is 14.5 Å². The molecule has 2 aliphatic rings. The van der Waals surface area contributed by atoms with Gasteiger partial charge in [0.15, 0.2) is 5.65 Å². The van der Waals surface area contributed by atoms with Crippen LogP contribution in [-0.2, 0) is 0 Å². The number of nitrogens with zero attached hydrogens (tertiary/aromatic N) is 4. The molecule has 0 radical (unpaired) electrons. The van der Waals surface area contributed by atoms with Gasteiger partial charge in [-0.3, -0.25) is 4.79 Å². The Labute approximate surface area is 163 Å². The SMILES string of the molecule is CN1CCOc2ccc(C(=O)N3CCC(c4ccc5cccnc5n4)C3)cc21. The molecule has 1 saturated heterocycles. The second-order valence-corrected chi connectivity index (χ2v) is 7.48. The number of pyridine rings is 2. The minimum Gasteiger partial charge on any atom is -0.490 e. The third-order valence-corrected chi connectivity index (χ3v) is 5.68. The fourth-order valence-corrected chi connectivity index (χ4v) is 4.05. The number of benzene rings is 1. The first-order chi connectivity index (χ1) is 13.7. The zero-order valence-electron chi connectivity index (χ0n) is 15.8. The summed E-state index contributed by atoms with van der Waals surface area (Å²) in [6.45, 7) is 2.94. The molecule has 2 aromatic heterocycles. The molecule has 1 amide bonds. The van der Waals surface area contributed by atoms with Crippen LogP contribution in [0.5, 0.6) is 5.75 Å². The highest BCUT2D eigenvalue weighted by Crippen LogP contribution is 2.33. The number of carbonyl (C=O) groups is 1. The van der Waals surface area contributed by atoms with Gasteiger partial charge in [-0.2, -0.15) is 0 Å². The van der Waals surface area contributed by atoms with E-state index in [9.17, 15) is 4.79 Å². The average Bonchev–Trinajstić information content (AvgIpc) is 3.23. The Morgan fingerprint density at radius 2 is 2.11 bits per heavy atom. The molecule has 0 N–H and O–H groups in total. The molecule has 0 aliphatic carbocycles. The lowest BCUT2D eigenvalue weighted by Gasteiger charge is -2.28. The fourth-order valence-electron chi connectivity index (χ4n) is 4.05. The van der Waals surface area contributed by atoms with Gasteiger partial charge in [0.05, 0.1) is 12.2 Å². The molecule has 28 heavy (non-hydrogen) atoms. The van der Waals surface area contributed by atoms with E-state index in [2.05, 4.69) is 22.0 Å². The molecule has 5 rings (SSSR count). The topological polar surface area (TPSA) is 58.6 Å². The Balaban J connectivity index is 1.35. The van der Waals surface area contributed by atoms with Crippen LogP contribution < -0.4 is 9.64 Å². The van der Waals surface area contributed by atoms with Gasteiger partial charge in [0.1, 0.15) is 12.4 Å². The van der Waals surface area contributed by atoms with E-state index in [0.717, 1.165) is 47.7 Å². The summed E-state index contributed by atoms with van der Waals surface area (Å²) in [7, 11) is 2.03. The van der Waals surface area contributed by atoms with Crippen LogP contribution in [0.2, 0.25) is 0 Å². The Morgan fingerprint density at radius 3 is 3.04 bits per heavy atom. The summed E-state index contributed by atoms with van der Waals surface area (Å²) in [6, 6.07) is 13.8. The van der Waals surface area contributed by atoms with Crippen molar-refractivity contribution >= 4 is 22.6 Å². The van der Waals surface area contributed by atoms with E-state index < -0.39 is 0 Å². The molecule has 1 aromatic carbocycles. The number of fused-ring (bicyclic) bond motifs is 2. The number of rotatable bonds is 2. The van der Waals surface area contributed by atoms with Crippen LogP contribution >= 0.6 is 0 Å². The Hall–Kier alpha value is -3.15. The van der Waals surface area contributed by atoms with Crippen LogP contribution in [0.15, 0.2) is 48.7 Å². The van der Waals surface area contributed by atoms with Crippen LogP contribution in [0.4, 0.5) is 5.69 Å². The van der Waals surface area contributed by atoms with Crippen molar-refractivity contribution in [2.45, 2.75) is 12.3 Å². The molecule has 0 spiro atoms. The number of amides is 1. The van der Waals surface area contributed by atoms with Crippen molar-refractivity contribution in [2.24, 2.45) is 0 Å². The van der Waals surface area contributed by atoms with E-state index in [1.54, 1.807) is 6.20 Å². The van der Waals surface area contributed by atoms with Crippen LogP contribution in [0.1, 0.15) is 28.4 Å². The van der Waals surface area contributed by atoms with Crippen LogP contribution in [0, 0.1) is 0 Å². The van der Waals surface area contributed by atoms with Crippen LogP contribution in [-0.4, -0.2) is 54.1 Å². The zero-order valence-corrected chi connectivity index (χ0v) is 15.8. The first-order valence-corrected chi connectivity index (χ1v) is 9.68. The van der Waals surface area contributed by atoms with Crippen molar-refractivity contribution in [3.8, 4) is 5.75 Å². The van der Waals surface area contributed by atoms with Crippen molar-refractivity contribution in [2.75, 3.05) is 38.2 Å². The maximum Gasteiger partial charge on any atom is 0.253 e. The highest BCUT2D eigenvalue weighted by Gasteiger charge is 2.29. The first-order valence-electron chi connectivity index (χ1n) is 9.68. The van der Waals surface area contributed by atoms with Crippen LogP contribution in [0.3, 0.4) is 0 Å². The largest absolute Gasteiger partial charge is 0.490 e. The lowest BCUT2D eigenvalue weighted by molar-refractivity contribution is 0.0790. The summed E-state index contributed by atoms with van der Waals surface area (Å²) in [4.78, 5) is 26.2. The lowest BCUT2D eigenvalue weighted by atomic mass is 10.0. The van der Waals surface area contributed by atoms with E-state index in [1.165, 1.54) is 0 Å². The van der Waals surface area contributed by atoms with Gasteiger partial charge in [0, 0.05) is 48.9 Å². The van der Waals surface area contributed by atoms with E-state index >= 15 is 0 Å². The van der Waals surface area contributed by atoms with Gasteiger partial charge in [0.2, 0.25) is 0 Å². The molecule has 0 saturated carbocycles. The second-order valence-electron chi connectivity index (χ2n) is 7.48. The molecule has 2 aliphatic heterocycles. The van der Waals surface area contributed by atoms with E-state index in [4.69, 9.17) is 9.72 Å². The normalized spacial score (nSPS) is 18.8. The van der Waals surface area contributed by atoms with E-state index in [0.29, 0.717) is 18.7 Å². The van der Waals surface area contributed by atoms with Gasteiger partial charge >= 0.3 is 0 Å². The van der Waals surface area contributed by atoms with Crippen molar-refractivity contribution in [1.82, 2.24) is 14.9 Å². The highest BCUT2D eigenvalue weighted by atomic mass is 16.5. The van der Waals surface area contributed by atoms with Gasteiger partial charge in [0.25, 0.3) is 5.91 Å². The number of aromatic nitrogens is 2. The molecular formula is C22H22N4O2. The molecule has 6 nitrogen and oxygen atoms in total. The number of likely N-dealkylation sites (tertiary alicyclic amines) is 1. The van der Waals surface area contributed by atoms with E-state index in [1.807, 2.05) is 42.3 Å². The van der Waals surface area contributed by atoms with Crippen molar-refractivity contribution in [3.05, 3.63) is 59.9 Å². The summed E-state index contributed by atoms with van der Waals surface area (Å²) in [5, 5.41) is 1.04. The summed E-state index contributed by atoms with van der Waals surface area (Å²) in [5.41, 5.74) is 3.47. The molecule has 4 heterocycles. The first kappa shape index (κ1) is 17.0. The minimum absolute atomic E-state index is 0.0724. The van der Waals surface area contributed by atoms with Gasteiger partial charge in [-0.15, -0.1) is 0 Å². The quantitative estimate of drug-likeness (QED) is 0.690. The average molecular weight is 374 g/mol. The fraction of sp³-hybridized carbons (Fsp3) is 0.318. The summed E-state index contributed by atoms with van der Waals surface area (Å²) < 4.78 is 5.68. The summed E-state index contributed by atoms with van der Waals surface area (Å²) in [5.74, 6) is 1.17. The minimum atomic E-state index is 0.0724. The molecule has 142 valence electrons. The molecule has 1 atom stereocenters. The van der Waals surface area contributed by atoms with Gasteiger partial charge in [-0.1, -0.05) is 0 Å². The molecular weight excluding hydrogens is 352 g/mol. The van der Waals surface area contributed by atoms with Crippen LogP contribution in [0.25, 0.3) is 11.0 Å². The molecule has 3 aromatic rings. The number of hydrogen-bond acceptors (Lipinski definition) is 5. The van der Waals surface area contributed by atoms with Crippen molar-refractivity contribution < 1.29 is 9.53 Å². The Morgan fingerprint density at radius 1 is 1.18 bits per heavy atom. The number of hydrogen-bond donors (Lipinski definition) is 0. The third-order valence-electron chi connectivity index (χ3n) is 5.68. The number of anilines is 1. The maximum atomic E-state index is 13.1. The molecule has 1 unspecified atom stereocenters. The standard InChI is InChI=1S/C22H22N4O2/c1-25-11-12-28-20-7-5-16(13-19(20)25)22(27)26-10-8-17(14-26)18-6-4-15-3-2-9-23-21(15)24-18/h2-7,9,13,17H,8,10-12,14H2,1H3. The monoisotopic (exact) mass is 374 g/mol. The van der Waals surface area contributed by atoms with Gasteiger partial charge in [-0.25, -0.2) is 9.97 Å². The number of carbonyl (C=O) groups excluding carboxylic acids is 1. The Bertz CT molecular complexity index is 1050. The predicted octanol–water partition coefficient (Wildman–Crippen LogP) is 3.09. The summed E-state index contributed by atoms with van der Waals surface area (Å²) >= 11 is 0. The number of likely N-dealkylation sites (N-methyl/N-ethyl adjacent to an activating group) is 1. The Kier molecular flexibility index (Phi) is 4.11. The predicted molar refractivity (Wildman–Crippen MR) is 108 cm³/mol. The smallest absolute Gasteiger partial charge is 0.253 e. The maximum absolute atomic E-state index is 13.1.